The van der Waals surface area contributed by atoms with Crippen LogP contribution in [0.3, 0.4) is 0 Å². The van der Waals surface area contributed by atoms with Gasteiger partial charge in [0.15, 0.2) is 0 Å². The molecule has 0 saturated heterocycles. The number of rotatable bonds is 7. The summed E-state index contributed by atoms with van der Waals surface area (Å²) in [6.07, 6.45) is 1.67. The van der Waals surface area contributed by atoms with Crippen LogP contribution in [-0.2, 0) is 16.1 Å². The van der Waals surface area contributed by atoms with Crippen molar-refractivity contribution in [2.45, 2.75) is 72.0 Å². The minimum absolute atomic E-state index is 0.0375. The van der Waals surface area contributed by atoms with Crippen LogP contribution < -0.4 is 5.32 Å². The Balaban J connectivity index is 3.10. The van der Waals surface area contributed by atoms with Crippen LogP contribution in [-0.4, -0.2) is 28.3 Å². The van der Waals surface area contributed by atoms with Gasteiger partial charge in [0.2, 0.25) is 11.8 Å². The van der Waals surface area contributed by atoms with Crippen LogP contribution >= 0.6 is 23.2 Å². The van der Waals surface area contributed by atoms with Crippen molar-refractivity contribution in [3.05, 3.63) is 33.8 Å². The third-order valence-electron chi connectivity index (χ3n) is 3.68. The van der Waals surface area contributed by atoms with Gasteiger partial charge in [-0.2, -0.15) is 0 Å². The van der Waals surface area contributed by atoms with E-state index in [-0.39, 0.29) is 17.4 Å². The highest BCUT2D eigenvalue weighted by Gasteiger charge is 2.30. The van der Waals surface area contributed by atoms with Gasteiger partial charge in [-0.1, -0.05) is 43.1 Å². The molecule has 0 aliphatic heterocycles. The summed E-state index contributed by atoms with van der Waals surface area (Å²) in [5, 5.41) is 3.88. The Morgan fingerprint density at radius 3 is 2.28 bits per heavy atom. The largest absolute Gasteiger partial charge is 0.350 e. The predicted octanol–water partition coefficient (Wildman–Crippen LogP) is 4.82. The zero-order chi connectivity index (χ0) is 19.2. The van der Waals surface area contributed by atoms with Crippen molar-refractivity contribution in [1.82, 2.24) is 10.2 Å². The Labute approximate surface area is 160 Å². The van der Waals surface area contributed by atoms with Crippen LogP contribution in [0.4, 0.5) is 0 Å². The van der Waals surface area contributed by atoms with Gasteiger partial charge in [-0.05, 0) is 51.3 Å². The number of amides is 2. The van der Waals surface area contributed by atoms with Crippen LogP contribution in [0.25, 0.3) is 0 Å². The number of carbonyl (C=O) groups excluding carboxylic acids is 2. The molecule has 4 nitrogen and oxygen atoms in total. The maximum Gasteiger partial charge on any atom is 0.243 e. The van der Waals surface area contributed by atoms with Crippen LogP contribution in [0.1, 0.15) is 59.4 Å². The molecular weight excluding hydrogens is 359 g/mol. The number of hydrogen-bond acceptors (Lipinski definition) is 2. The number of nitrogens with one attached hydrogen (secondary N) is 1. The zero-order valence-electron chi connectivity index (χ0n) is 15.7. The molecule has 0 spiro atoms. The normalized spacial score (nSPS) is 12.6. The van der Waals surface area contributed by atoms with Crippen LogP contribution in [0.2, 0.25) is 10.0 Å². The van der Waals surface area contributed by atoms with E-state index in [4.69, 9.17) is 23.2 Å². The van der Waals surface area contributed by atoms with Gasteiger partial charge >= 0.3 is 0 Å². The van der Waals surface area contributed by atoms with Gasteiger partial charge in [0.1, 0.15) is 6.04 Å². The molecule has 0 radical (unpaired) electrons. The smallest absolute Gasteiger partial charge is 0.243 e. The first-order valence-corrected chi connectivity index (χ1v) is 9.40. The third kappa shape index (κ3) is 6.87. The second kappa shape index (κ2) is 9.44. The fourth-order valence-electron chi connectivity index (χ4n) is 2.56. The molecule has 6 heteroatoms. The first-order chi connectivity index (χ1) is 11.6. The molecule has 0 heterocycles. The molecule has 0 saturated carbocycles. The monoisotopic (exact) mass is 386 g/mol. The molecule has 25 heavy (non-hydrogen) atoms. The molecule has 1 atom stereocenters. The first-order valence-electron chi connectivity index (χ1n) is 8.64. The Kier molecular flexibility index (Phi) is 8.23. The molecule has 1 aromatic rings. The van der Waals surface area contributed by atoms with Gasteiger partial charge in [0.25, 0.3) is 0 Å². The summed E-state index contributed by atoms with van der Waals surface area (Å²) in [5.41, 5.74) is 0.494. The van der Waals surface area contributed by atoms with Crippen molar-refractivity contribution in [3.8, 4) is 0 Å². The Morgan fingerprint density at radius 2 is 1.80 bits per heavy atom. The highest BCUT2D eigenvalue weighted by Crippen LogP contribution is 2.24. The van der Waals surface area contributed by atoms with Gasteiger partial charge in [0, 0.05) is 18.5 Å². The van der Waals surface area contributed by atoms with Crippen molar-refractivity contribution in [3.63, 3.8) is 0 Å². The Bertz CT molecular complexity index is 612. The van der Waals surface area contributed by atoms with Crippen LogP contribution in [0, 0.1) is 0 Å². The van der Waals surface area contributed by atoms with Crippen LogP contribution in [0.5, 0.6) is 0 Å². The summed E-state index contributed by atoms with van der Waals surface area (Å²) in [6.45, 7) is 9.96. The summed E-state index contributed by atoms with van der Waals surface area (Å²) in [5.74, 6) is -0.177. The van der Waals surface area contributed by atoms with Crippen molar-refractivity contribution < 1.29 is 9.59 Å². The average molecular weight is 387 g/mol. The molecule has 0 aliphatic carbocycles. The highest BCUT2D eigenvalue weighted by atomic mass is 35.5. The van der Waals surface area contributed by atoms with Crippen molar-refractivity contribution >= 4 is 35.0 Å². The number of halogens is 2. The Morgan fingerprint density at radius 1 is 1.16 bits per heavy atom. The lowest BCUT2D eigenvalue weighted by molar-refractivity contribution is -0.142. The van der Waals surface area contributed by atoms with Gasteiger partial charge in [0.05, 0.1) is 10.0 Å². The number of carbonyl (C=O) groups is 2. The summed E-state index contributed by atoms with van der Waals surface area (Å²) in [7, 11) is 0. The van der Waals surface area contributed by atoms with E-state index in [1.54, 1.807) is 17.0 Å². The van der Waals surface area contributed by atoms with Crippen LogP contribution in [0.15, 0.2) is 18.2 Å². The van der Waals surface area contributed by atoms with E-state index in [0.29, 0.717) is 29.4 Å². The van der Waals surface area contributed by atoms with E-state index in [1.807, 2.05) is 40.7 Å². The molecule has 1 aromatic carbocycles. The summed E-state index contributed by atoms with van der Waals surface area (Å²) < 4.78 is 0. The van der Waals surface area contributed by atoms with Gasteiger partial charge in [-0.3, -0.25) is 9.59 Å². The van der Waals surface area contributed by atoms with E-state index in [1.165, 1.54) is 0 Å². The van der Waals surface area contributed by atoms with Gasteiger partial charge in [-0.25, -0.2) is 0 Å². The Hall–Kier alpha value is -1.26. The molecule has 1 N–H and O–H groups in total. The average Bonchev–Trinajstić information content (AvgIpc) is 2.49. The molecule has 0 bridgehead atoms. The van der Waals surface area contributed by atoms with Crippen molar-refractivity contribution in [2.24, 2.45) is 0 Å². The summed E-state index contributed by atoms with van der Waals surface area (Å²) >= 11 is 12.1. The molecule has 0 aromatic heterocycles. The van der Waals surface area contributed by atoms with E-state index in [0.717, 1.165) is 12.0 Å². The summed E-state index contributed by atoms with van der Waals surface area (Å²) in [4.78, 5) is 27.0. The molecule has 0 unspecified atom stereocenters. The lowest BCUT2D eigenvalue weighted by Crippen LogP contribution is -2.53. The molecule has 2 amide bonds. The quantitative estimate of drug-likeness (QED) is 0.730. The van der Waals surface area contributed by atoms with Crippen molar-refractivity contribution in [1.29, 1.82) is 0 Å². The standard InChI is InChI=1S/C19H28Cl2N2O2/c1-6-8-17(24)23(12-13-9-10-14(20)15(21)11-13)16(7-2)18(25)22-19(3,4)5/h9-11,16H,6-8,12H2,1-5H3,(H,22,25)/t16-/m0/s1. The van der Waals surface area contributed by atoms with E-state index >= 15 is 0 Å². The fourth-order valence-corrected chi connectivity index (χ4v) is 2.89. The number of nitrogens with zero attached hydrogens (tertiary/aromatic N) is 1. The second-order valence-electron chi connectivity index (χ2n) is 7.18. The number of benzene rings is 1. The predicted molar refractivity (Wildman–Crippen MR) is 104 cm³/mol. The zero-order valence-corrected chi connectivity index (χ0v) is 17.2. The topological polar surface area (TPSA) is 49.4 Å². The van der Waals surface area contributed by atoms with E-state index < -0.39 is 6.04 Å². The van der Waals surface area contributed by atoms with Gasteiger partial charge < -0.3 is 10.2 Å². The molecule has 1 rings (SSSR count). The van der Waals surface area contributed by atoms with Crippen molar-refractivity contribution in [2.75, 3.05) is 0 Å². The first kappa shape index (κ1) is 21.8. The lowest BCUT2D eigenvalue weighted by atomic mass is 10.0. The second-order valence-corrected chi connectivity index (χ2v) is 8.00. The molecular formula is C19H28Cl2N2O2. The maximum absolute atomic E-state index is 12.7. The maximum atomic E-state index is 12.7. The van der Waals surface area contributed by atoms with E-state index in [2.05, 4.69) is 5.32 Å². The van der Waals surface area contributed by atoms with E-state index in [9.17, 15) is 9.59 Å². The summed E-state index contributed by atoms with van der Waals surface area (Å²) in [6, 6.07) is 4.75. The highest BCUT2D eigenvalue weighted by molar-refractivity contribution is 6.42. The SMILES string of the molecule is CCCC(=O)N(Cc1ccc(Cl)c(Cl)c1)[C@@H](CC)C(=O)NC(C)(C)C. The molecule has 0 fully saturated rings. The molecule has 140 valence electrons. The van der Waals surface area contributed by atoms with Gasteiger partial charge in [-0.15, -0.1) is 0 Å². The minimum Gasteiger partial charge on any atom is -0.350 e. The minimum atomic E-state index is -0.521. The third-order valence-corrected chi connectivity index (χ3v) is 4.42. The lowest BCUT2D eigenvalue weighted by Gasteiger charge is -2.33. The molecule has 0 aliphatic rings. The fraction of sp³-hybridized carbons (Fsp3) is 0.579. The number of hydrogen-bond donors (Lipinski definition) is 1.